The highest BCUT2D eigenvalue weighted by atomic mass is 16.1. The van der Waals surface area contributed by atoms with Gasteiger partial charge in [0.15, 0.2) is 11.6 Å². The summed E-state index contributed by atoms with van der Waals surface area (Å²) in [5, 5.41) is 6.81. The molecule has 0 fully saturated rings. The topological polar surface area (TPSA) is 132 Å². The smallest absolute Gasteiger partial charge is 0.199 e. The fraction of sp³-hybridized carbons (Fsp3) is 0. The Hall–Kier alpha value is -4.12. The first kappa shape index (κ1) is 16.7. The van der Waals surface area contributed by atoms with Gasteiger partial charge in [0.05, 0.1) is 11.4 Å². The molecule has 0 saturated carbocycles. The maximum Gasteiger partial charge on any atom is 0.199 e. The quantitative estimate of drug-likeness (QED) is 0.348. The average Bonchev–Trinajstić information content (AvgIpc) is 2.67. The summed E-state index contributed by atoms with van der Waals surface area (Å²) in [5.74, 6) is -1.34. The number of hydrogen-bond donors (Lipinski definition) is 0. The Bertz CT molecular complexity index is 974. The van der Waals surface area contributed by atoms with Crippen molar-refractivity contribution in [1.82, 2.24) is 0 Å². The van der Waals surface area contributed by atoms with Crippen LogP contribution in [-0.2, 0) is 9.59 Å². The zero-order valence-electron chi connectivity index (χ0n) is 13.3. The molecule has 0 aliphatic heterocycles. The molecule has 0 amide bonds. The van der Waals surface area contributed by atoms with Gasteiger partial charge in [0.2, 0.25) is 0 Å². The van der Waals surface area contributed by atoms with E-state index < -0.39 is 11.6 Å². The number of carbonyl (C=O) groups is 2. The van der Waals surface area contributed by atoms with Gasteiger partial charge < -0.3 is 0 Å². The summed E-state index contributed by atoms with van der Waals surface area (Å²) in [7, 11) is 0. The predicted molar refractivity (Wildman–Crippen MR) is 95.0 cm³/mol. The van der Waals surface area contributed by atoms with Crippen molar-refractivity contribution >= 4 is 22.7 Å². The van der Waals surface area contributed by atoms with Gasteiger partial charge in [-0.15, -0.1) is 0 Å². The second-order valence-electron chi connectivity index (χ2n) is 5.22. The second-order valence-corrected chi connectivity index (χ2v) is 5.22. The number of benzene rings is 2. The maximum absolute atomic E-state index is 13.2. The highest BCUT2D eigenvalue weighted by Crippen LogP contribution is 2.37. The summed E-state index contributed by atoms with van der Waals surface area (Å²) < 4.78 is 0. The van der Waals surface area contributed by atoms with Crippen molar-refractivity contribution in [3.05, 3.63) is 104 Å². The van der Waals surface area contributed by atoms with Crippen molar-refractivity contribution in [2.45, 2.75) is 0 Å². The predicted octanol–water partition coefficient (Wildman–Crippen LogP) is 4.58. The summed E-state index contributed by atoms with van der Waals surface area (Å²) in [4.78, 5) is 31.3. The van der Waals surface area contributed by atoms with Crippen LogP contribution >= 0.6 is 0 Å². The number of nitrogens with zero attached hydrogens (tertiary/aromatic N) is 6. The first-order valence-electron chi connectivity index (χ1n) is 7.48. The molecule has 1 aliphatic rings. The van der Waals surface area contributed by atoms with E-state index in [9.17, 15) is 9.59 Å². The van der Waals surface area contributed by atoms with Gasteiger partial charge in [-0.2, -0.15) is 0 Å². The Labute approximate surface area is 147 Å². The first-order valence-corrected chi connectivity index (χ1v) is 7.48. The Balaban J connectivity index is 2.35. The van der Waals surface area contributed by atoms with E-state index in [1.807, 2.05) is 0 Å². The lowest BCUT2D eigenvalue weighted by molar-refractivity contribution is -0.114. The Morgan fingerprint density at radius 1 is 0.615 bits per heavy atom. The fourth-order valence-corrected chi connectivity index (χ4v) is 2.70. The molecular formula is C18H10N6O2. The van der Waals surface area contributed by atoms with Crippen LogP contribution in [0.1, 0.15) is 11.1 Å². The van der Waals surface area contributed by atoms with Crippen LogP contribution in [0.15, 0.2) is 82.3 Å². The van der Waals surface area contributed by atoms with E-state index in [0.29, 0.717) is 11.1 Å². The summed E-state index contributed by atoms with van der Waals surface area (Å²) in [5.41, 5.74) is 17.7. The van der Waals surface area contributed by atoms with Crippen LogP contribution in [0.4, 0.5) is 0 Å². The van der Waals surface area contributed by atoms with Crippen molar-refractivity contribution in [2.75, 3.05) is 0 Å². The number of Topliss-reactive ketones (excluding diaryl/α,β-unsaturated/α-hetero) is 2. The van der Waals surface area contributed by atoms with Gasteiger partial charge in [0, 0.05) is 21.0 Å². The van der Waals surface area contributed by atoms with Crippen LogP contribution in [0, 0.1) is 0 Å². The van der Waals surface area contributed by atoms with E-state index in [1.165, 1.54) is 0 Å². The summed E-state index contributed by atoms with van der Waals surface area (Å²) >= 11 is 0. The standard InChI is InChI=1S/C18H10N6O2/c19-23-21-15-13(11-7-3-1-4-8-11)17(25)14(12-9-5-2-6-10-12)16(18(15)26)22-24-20/h1-10H. The van der Waals surface area contributed by atoms with E-state index in [4.69, 9.17) is 11.1 Å². The molecule has 0 spiro atoms. The van der Waals surface area contributed by atoms with E-state index in [0.717, 1.165) is 0 Å². The molecule has 0 heterocycles. The third-order valence-corrected chi connectivity index (χ3v) is 3.77. The molecule has 2 aromatic carbocycles. The van der Waals surface area contributed by atoms with Gasteiger partial charge in [-0.25, -0.2) is 0 Å². The van der Waals surface area contributed by atoms with Crippen LogP contribution < -0.4 is 0 Å². The fourth-order valence-electron chi connectivity index (χ4n) is 2.70. The number of carbonyl (C=O) groups excluding carboxylic acids is 2. The third kappa shape index (κ3) is 2.85. The van der Waals surface area contributed by atoms with Gasteiger partial charge in [-0.05, 0) is 22.2 Å². The minimum atomic E-state index is -0.794. The van der Waals surface area contributed by atoms with Crippen molar-refractivity contribution in [3.8, 4) is 0 Å². The molecule has 0 unspecified atom stereocenters. The van der Waals surface area contributed by atoms with Crippen molar-refractivity contribution < 1.29 is 9.59 Å². The lowest BCUT2D eigenvalue weighted by Gasteiger charge is -2.20. The molecule has 8 nitrogen and oxygen atoms in total. The van der Waals surface area contributed by atoms with E-state index in [2.05, 4.69) is 20.1 Å². The molecule has 0 saturated heterocycles. The Kier molecular flexibility index (Phi) is 4.63. The van der Waals surface area contributed by atoms with Crippen molar-refractivity contribution in [1.29, 1.82) is 0 Å². The lowest BCUT2D eigenvalue weighted by Crippen LogP contribution is -2.21. The van der Waals surface area contributed by atoms with Crippen LogP contribution in [0.25, 0.3) is 32.0 Å². The number of ketones is 2. The minimum Gasteiger partial charge on any atom is -0.289 e. The molecule has 3 rings (SSSR count). The molecule has 0 aromatic heterocycles. The zero-order chi connectivity index (χ0) is 18.5. The lowest BCUT2D eigenvalue weighted by atomic mass is 9.84. The summed E-state index contributed by atoms with van der Waals surface area (Å²) in [6.07, 6.45) is 0. The molecule has 26 heavy (non-hydrogen) atoms. The second kappa shape index (κ2) is 7.19. The number of azide groups is 2. The summed E-state index contributed by atoms with van der Waals surface area (Å²) in [6.45, 7) is 0. The largest absolute Gasteiger partial charge is 0.289 e. The monoisotopic (exact) mass is 342 g/mol. The number of rotatable bonds is 4. The Morgan fingerprint density at radius 2 is 1.00 bits per heavy atom. The van der Waals surface area contributed by atoms with Gasteiger partial charge >= 0.3 is 0 Å². The maximum atomic E-state index is 13.2. The van der Waals surface area contributed by atoms with Crippen LogP contribution in [0.3, 0.4) is 0 Å². The van der Waals surface area contributed by atoms with Crippen molar-refractivity contribution in [2.24, 2.45) is 10.2 Å². The van der Waals surface area contributed by atoms with E-state index >= 15 is 0 Å². The summed E-state index contributed by atoms with van der Waals surface area (Å²) in [6, 6.07) is 16.8. The number of allylic oxidation sites excluding steroid dienone is 2. The molecule has 0 radical (unpaired) electrons. The number of hydrogen-bond acceptors (Lipinski definition) is 4. The third-order valence-electron chi connectivity index (χ3n) is 3.77. The zero-order valence-corrected chi connectivity index (χ0v) is 13.3. The molecular weight excluding hydrogens is 332 g/mol. The van der Waals surface area contributed by atoms with Gasteiger partial charge in [0.25, 0.3) is 0 Å². The highest BCUT2D eigenvalue weighted by Gasteiger charge is 2.35. The first-order chi connectivity index (χ1) is 12.7. The van der Waals surface area contributed by atoms with Gasteiger partial charge in [-0.1, -0.05) is 70.9 Å². The molecule has 2 aromatic rings. The average molecular weight is 342 g/mol. The SMILES string of the molecule is [N-]=[N+]=NC1=C(c2ccccc2)C(=O)C(c2ccccc2)=C(N=[N+]=[N-])C1=O. The van der Waals surface area contributed by atoms with Gasteiger partial charge in [0.1, 0.15) is 0 Å². The molecule has 124 valence electrons. The molecule has 0 N–H and O–H groups in total. The molecule has 0 atom stereocenters. The highest BCUT2D eigenvalue weighted by molar-refractivity contribution is 6.50. The van der Waals surface area contributed by atoms with E-state index in [-0.39, 0.29) is 22.5 Å². The normalized spacial score (nSPS) is 14.0. The van der Waals surface area contributed by atoms with Crippen LogP contribution in [0.5, 0.6) is 0 Å². The molecule has 0 bridgehead atoms. The Morgan fingerprint density at radius 3 is 1.35 bits per heavy atom. The van der Waals surface area contributed by atoms with E-state index in [1.54, 1.807) is 60.7 Å². The van der Waals surface area contributed by atoms with Gasteiger partial charge in [-0.3, -0.25) is 9.59 Å². The van der Waals surface area contributed by atoms with Crippen LogP contribution in [-0.4, -0.2) is 11.6 Å². The van der Waals surface area contributed by atoms with Crippen molar-refractivity contribution in [3.63, 3.8) is 0 Å². The molecule has 8 heteroatoms. The van der Waals surface area contributed by atoms with Crippen LogP contribution in [0.2, 0.25) is 0 Å². The molecule has 1 aliphatic carbocycles. The minimum absolute atomic E-state index is 0.0239.